The average molecular weight is 395 g/mol. The molecule has 0 radical (unpaired) electrons. The van der Waals surface area contributed by atoms with Gasteiger partial charge in [-0.2, -0.15) is 13.5 Å². The van der Waals surface area contributed by atoms with Crippen LogP contribution in [0.25, 0.3) is 0 Å². The monoisotopic (exact) mass is 395 g/mol. The van der Waals surface area contributed by atoms with Crippen LogP contribution in [0.4, 0.5) is 9.59 Å². The molecule has 5 N–H and O–H groups in total. The first-order chi connectivity index (χ1) is 12.0. The average Bonchev–Trinajstić information content (AvgIpc) is 2.75. The molecule has 0 unspecified atom stereocenters. The zero-order valence-electron chi connectivity index (χ0n) is 13.4. The van der Waals surface area contributed by atoms with Crippen molar-refractivity contribution in [3.8, 4) is 0 Å². The molecule has 2 bridgehead atoms. The van der Waals surface area contributed by atoms with Gasteiger partial charge in [0, 0.05) is 6.54 Å². The number of carbonyl (C=O) groups excluding carboxylic acids is 3. The quantitative estimate of drug-likeness (QED) is 0.253. The minimum absolute atomic E-state index is 0.00262. The number of urea groups is 1. The van der Waals surface area contributed by atoms with Crippen molar-refractivity contribution in [3.63, 3.8) is 0 Å². The largest absolute Gasteiger partial charge is 0.465 e. The molecule has 2 rings (SSSR count). The van der Waals surface area contributed by atoms with Crippen LogP contribution in [0, 0.1) is 0 Å². The number of hydrazine groups is 1. The molecule has 2 fully saturated rings. The van der Waals surface area contributed by atoms with Crippen LogP contribution in [0.1, 0.15) is 19.8 Å². The van der Waals surface area contributed by atoms with Crippen molar-refractivity contribution in [2.75, 3.05) is 6.54 Å². The van der Waals surface area contributed by atoms with Gasteiger partial charge in [-0.25, -0.2) is 9.59 Å². The van der Waals surface area contributed by atoms with Crippen LogP contribution in [0.3, 0.4) is 0 Å². The fourth-order valence-corrected chi connectivity index (χ4v) is 3.06. The number of carboxylic acid groups (broad SMARTS) is 1. The van der Waals surface area contributed by atoms with Crippen LogP contribution >= 0.6 is 0 Å². The minimum Gasteiger partial charge on any atom is -0.465 e. The summed E-state index contributed by atoms with van der Waals surface area (Å²) in [6, 6.07) is -3.70. The highest BCUT2D eigenvalue weighted by Crippen LogP contribution is 2.30. The van der Waals surface area contributed by atoms with E-state index < -0.39 is 52.5 Å². The Morgan fingerprint density at radius 1 is 1.27 bits per heavy atom. The maximum absolute atomic E-state index is 12.2. The normalized spacial score (nSPS) is 23.4. The second kappa shape index (κ2) is 7.30. The van der Waals surface area contributed by atoms with Gasteiger partial charge in [0.25, 0.3) is 11.8 Å². The number of carbonyl (C=O) groups is 4. The number of rotatable bonds is 5. The lowest BCUT2D eigenvalue weighted by atomic mass is 10.0. The summed E-state index contributed by atoms with van der Waals surface area (Å²) in [6.07, 6.45) is -1.04. The Hall–Kier alpha value is -2.65. The van der Waals surface area contributed by atoms with Crippen LogP contribution in [0.2, 0.25) is 0 Å². The van der Waals surface area contributed by atoms with E-state index in [0.29, 0.717) is 5.06 Å². The number of hydrogen-bond donors (Lipinski definition) is 5. The van der Waals surface area contributed by atoms with Crippen LogP contribution in [0.15, 0.2) is 0 Å². The molecule has 2 saturated heterocycles. The van der Waals surface area contributed by atoms with Crippen molar-refractivity contribution in [1.29, 1.82) is 0 Å². The molecule has 2 aliphatic heterocycles. The number of nitrogens with zero attached hydrogens (tertiary/aromatic N) is 2. The molecule has 2 heterocycles. The van der Waals surface area contributed by atoms with Gasteiger partial charge in [0.15, 0.2) is 0 Å². The van der Waals surface area contributed by atoms with E-state index in [1.54, 1.807) is 0 Å². The number of nitrogens with one attached hydrogen (secondary N) is 3. The number of hydrogen-bond acceptors (Lipinski definition) is 7. The lowest BCUT2D eigenvalue weighted by Crippen LogP contribution is -2.56. The van der Waals surface area contributed by atoms with Gasteiger partial charge in [-0.3, -0.25) is 25.0 Å². The first-order valence-electron chi connectivity index (χ1n) is 7.35. The molecule has 0 aromatic heterocycles. The minimum atomic E-state index is -4.89. The Labute approximate surface area is 147 Å². The van der Waals surface area contributed by atoms with Gasteiger partial charge >= 0.3 is 22.5 Å². The van der Waals surface area contributed by atoms with E-state index in [2.05, 4.69) is 9.71 Å². The summed E-state index contributed by atoms with van der Waals surface area (Å²) in [5.41, 5.74) is 4.10. The van der Waals surface area contributed by atoms with Gasteiger partial charge in [0.2, 0.25) is 0 Å². The van der Waals surface area contributed by atoms with Gasteiger partial charge in [0.1, 0.15) is 12.1 Å². The smallest absolute Gasteiger partial charge is 0.418 e. The predicted molar refractivity (Wildman–Crippen MR) is 80.3 cm³/mol. The summed E-state index contributed by atoms with van der Waals surface area (Å²) in [6.45, 7) is 1.26. The van der Waals surface area contributed by atoms with Gasteiger partial charge in [-0.1, -0.05) is 0 Å². The van der Waals surface area contributed by atoms with Crippen LogP contribution < -0.4 is 16.2 Å². The summed E-state index contributed by atoms with van der Waals surface area (Å²) < 4.78 is 34.5. The SMILES string of the molecule is C[C@@H](NC(=O)O)C(=O)NNC(=O)[C@@H]1CC[C@@H]2CN1C(=O)N2OS(=O)(=O)O. The summed E-state index contributed by atoms with van der Waals surface area (Å²) >= 11 is 0. The molecule has 15 heteroatoms. The Kier molecular flexibility index (Phi) is 5.53. The zero-order valence-corrected chi connectivity index (χ0v) is 14.2. The van der Waals surface area contributed by atoms with Crippen molar-refractivity contribution < 1.29 is 41.5 Å². The first-order valence-corrected chi connectivity index (χ1v) is 8.72. The standard InChI is InChI=1S/C11H17N5O9S/c1-5(12-10(19)20)8(17)13-14-9(18)7-3-2-6-4-15(7)11(21)16(6)25-26(22,23)24/h5-7,12H,2-4H2,1H3,(H,13,17)(H,14,18)(H,19,20)(H,22,23,24)/t5-,6-,7+/m1/s1. The second-order valence-electron chi connectivity index (χ2n) is 5.66. The molecule has 5 amide bonds. The Morgan fingerprint density at radius 2 is 1.92 bits per heavy atom. The van der Waals surface area contributed by atoms with Crippen molar-refractivity contribution >= 4 is 34.3 Å². The van der Waals surface area contributed by atoms with Crippen LogP contribution in [-0.4, -0.2) is 76.6 Å². The molecule has 14 nitrogen and oxygen atoms in total. The van der Waals surface area contributed by atoms with E-state index >= 15 is 0 Å². The molecule has 26 heavy (non-hydrogen) atoms. The third-order valence-corrected chi connectivity index (χ3v) is 4.19. The maximum atomic E-state index is 12.2. The zero-order chi connectivity index (χ0) is 19.6. The molecule has 2 aliphatic rings. The Balaban J connectivity index is 1.94. The molecule has 3 atom stereocenters. The van der Waals surface area contributed by atoms with Gasteiger partial charge in [-0.15, -0.1) is 4.28 Å². The van der Waals surface area contributed by atoms with Crippen LogP contribution in [0.5, 0.6) is 0 Å². The van der Waals surface area contributed by atoms with E-state index in [0.717, 1.165) is 4.90 Å². The summed E-state index contributed by atoms with van der Waals surface area (Å²) in [5, 5.41) is 10.9. The fourth-order valence-electron chi connectivity index (χ4n) is 2.67. The molecule has 146 valence electrons. The summed E-state index contributed by atoms with van der Waals surface area (Å²) in [7, 11) is -4.89. The first kappa shape index (κ1) is 19.7. The number of amides is 5. The second-order valence-corrected chi connectivity index (χ2v) is 6.66. The Morgan fingerprint density at radius 3 is 2.50 bits per heavy atom. The predicted octanol–water partition coefficient (Wildman–Crippen LogP) is -2.21. The molecule has 0 aromatic rings. The van der Waals surface area contributed by atoms with Gasteiger partial charge < -0.3 is 15.3 Å². The molecule has 0 aliphatic carbocycles. The van der Waals surface area contributed by atoms with Crippen molar-refractivity contribution in [3.05, 3.63) is 0 Å². The molecule has 0 saturated carbocycles. The number of piperidine rings is 1. The lowest BCUT2D eigenvalue weighted by molar-refractivity contribution is -0.132. The fraction of sp³-hybridized carbons (Fsp3) is 0.636. The third kappa shape index (κ3) is 4.50. The van der Waals surface area contributed by atoms with E-state index in [1.165, 1.54) is 6.92 Å². The lowest BCUT2D eigenvalue weighted by Gasteiger charge is -2.29. The third-order valence-electron chi connectivity index (χ3n) is 3.84. The highest BCUT2D eigenvalue weighted by atomic mass is 32.3. The molecule has 0 aromatic carbocycles. The number of hydroxylamine groups is 2. The van der Waals surface area contributed by atoms with Crippen LogP contribution in [-0.2, 0) is 24.3 Å². The summed E-state index contributed by atoms with van der Waals surface area (Å²) in [4.78, 5) is 47.5. The highest BCUT2D eigenvalue weighted by Gasteiger charge is 2.49. The molecular formula is C11H17N5O9S. The van der Waals surface area contributed by atoms with E-state index in [-0.39, 0.29) is 19.4 Å². The van der Waals surface area contributed by atoms with Crippen molar-refractivity contribution in [2.24, 2.45) is 0 Å². The van der Waals surface area contributed by atoms with Crippen molar-refractivity contribution in [2.45, 2.75) is 37.9 Å². The number of fused-ring (bicyclic) bond motifs is 2. The van der Waals surface area contributed by atoms with E-state index in [1.807, 2.05) is 10.7 Å². The van der Waals surface area contributed by atoms with Gasteiger partial charge in [-0.05, 0) is 19.8 Å². The topological polar surface area (TPSA) is 195 Å². The maximum Gasteiger partial charge on any atom is 0.418 e. The van der Waals surface area contributed by atoms with Crippen molar-refractivity contribution in [1.82, 2.24) is 26.1 Å². The van der Waals surface area contributed by atoms with E-state index in [4.69, 9.17) is 9.66 Å². The van der Waals surface area contributed by atoms with Gasteiger partial charge in [0.05, 0.1) is 6.04 Å². The molecular weight excluding hydrogens is 378 g/mol. The highest BCUT2D eigenvalue weighted by molar-refractivity contribution is 7.80. The summed E-state index contributed by atoms with van der Waals surface area (Å²) in [5.74, 6) is -1.57. The van der Waals surface area contributed by atoms with E-state index in [9.17, 15) is 27.6 Å². The molecule has 0 spiro atoms. The Bertz CT molecular complexity index is 726.